The summed E-state index contributed by atoms with van der Waals surface area (Å²) in [5, 5.41) is 0.989. The molecule has 96 valence electrons. The Hall–Kier alpha value is -0.560. The third kappa shape index (κ3) is 3.06. The van der Waals surface area contributed by atoms with Crippen LogP contribution >= 0.6 is 38.5 Å². The van der Waals surface area contributed by atoms with Gasteiger partial charge in [-0.1, -0.05) is 0 Å². The SMILES string of the molecule is CC(C)(C)OC(=O)c1cc2cc(Br)c(I)cc2[nH]1. The molecule has 2 aromatic rings. The molecule has 0 atom stereocenters. The maximum absolute atomic E-state index is 11.9. The number of fused-ring (bicyclic) bond motifs is 1. The molecule has 18 heavy (non-hydrogen) atoms. The Morgan fingerprint density at radius 1 is 1.33 bits per heavy atom. The van der Waals surface area contributed by atoms with Crippen LogP contribution in [-0.4, -0.2) is 16.6 Å². The molecule has 0 fully saturated rings. The molecule has 0 aliphatic carbocycles. The lowest BCUT2D eigenvalue weighted by molar-refractivity contribution is 0.00639. The zero-order valence-electron chi connectivity index (χ0n) is 10.3. The van der Waals surface area contributed by atoms with Crippen LogP contribution in [0.5, 0.6) is 0 Å². The minimum absolute atomic E-state index is 0.329. The van der Waals surface area contributed by atoms with E-state index in [-0.39, 0.29) is 5.97 Å². The average Bonchev–Trinajstić information content (AvgIpc) is 2.59. The van der Waals surface area contributed by atoms with Gasteiger partial charge in [0, 0.05) is 18.9 Å². The first-order valence-corrected chi connectivity index (χ1v) is 7.34. The normalized spacial score (nSPS) is 11.8. The van der Waals surface area contributed by atoms with Crippen molar-refractivity contribution in [2.45, 2.75) is 26.4 Å². The zero-order valence-corrected chi connectivity index (χ0v) is 14.0. The number of carbonyl (C=O) groups excluding carboxylic acids is 1. The van der Waals surface area contributed by atoms with Crippen molar-refractivity contribution in [1.29, 1.82) is 0 Å². The standard InChI is InChI=1S/C13H13BrINO2/c1-13(2,3)18-12(17)11-5-7-4-8(14)9(15)6-10(7)16-11/h4-6,16H,1-3H3. The maximum Gasteiger partial charge on any atom is 0.355 e. The summed E-state index contributed by atoms with van der Waals surface area (Å²) in [6.07, 6.45) is 0. The van der Waals surface area contributed by atoms with Crippen molar-refractivity contribution in [3.05, 3.63) is 31.9 Å². The third-order valence-corrected chi connectivity index (χ3v) is 4.57. The summed E-state index contributed by atoms with van der Waals surface area (Å²) in [4.78, 5) is 15.0. The van der Waals surface area contributed by atoms with Gasteiger partial charge in [-0.05, 0) is 77.5 Å². The van der Waals surface area contributed by atoms with Crippen molar-refractivity contribution in [3.63, 3.8) is 0 Å². The summed E-state index contributed by atoms with van der Waals surface area (Å²) in [6, 6.07) is 5.79. The summed E-state index contributed by atoms with van der Waals surface area (Å²) < 4.78 is 7.44. The van der Waals surface area contributed by atoms with Crippen molar-refractivity contribution >= 4 is 55.4 Å². The number of esters is 1. The molecule has 0 aliphatic heterocycles. The zero-order chi connectivity index (χ0) is 13.5. The Bertz CT molecular complexity index is 574. The first-order chi connectivity index (χ1) is 8.26. The van der Waals surface area contributed by atoms with Crippen molar-refractivity contribution < 1.29 is 9.53 Å². The van der Waals surface area contributed by atoms with Crippen molar-refractivity contribution in [3.8, 4) is 0 Å². The van der Waals surface area contributed by atoms with Crippen LogP contribution in [0.15, 0.2) is 22.7 Å². The molecule has 2 rings (SSSR count). The Balaban J connectivity index is 2.39. The van der Waals surface area contributed by atoms with Gasteiger partial charge >= 0.3 is 5.97 Å². The second kappa shape index (κ2) is 4.85. The van der Waals surface area contributed by atoms with Gasteiger partial charge < -0.3 is 9.72 Å². The molecule has 0 aliphatic rings. The molecule has 1 N–H and O–H groups in total. The van der Waals surface area contributed by atoms with Gasteiger partial charge in [0.2, 0.25) is 0 Å². The van der Waals surface area contributed by atoms with Gasteiger partial charge in [-0.3, -0.25) is 0 Å². The highest BCUT2D eigenvalue weighted by Crippen LogP contribution is 2.26. The van der Waals surface area contributed by atoms with E-state index < -0.39 is 5.60 Å². The Kier molecular flexibility index (Phi) is 3.73. The maximum atomic E-state index is 11.9. The molecule has 1 aromatic carbocycles. The van der Waals surface area contributed by atoms with Crippen LogP contribution in [0.25, 0.3) is 10.9 Å². The Morgan fingerprint density at radius 2 is 2.00 bits per heavy atom. The van der Waals surface area contributed by atoms with Crippen molar-refractivity contribution in [2.24, 2.45) is 0 Å². The number of nitrogens with one attached hydrogen (secondary N) is 1. The van der Waals surface area contributed by atoms with Gasteiger partial charge in [-0.15, -0.1) is 0 Å². The molecule has 0 saturated heterocycles. The monoisotopic (exact) mass is 421 g/mol. The number of halogens is 2. The minimum Gasteiger partial charge on any atom is -0.455 e. The summed E-state index contributed by atoms with van der Waals surface area (Å²) in [5.74, 6) is -0.329. The van der Waals surface area contributed by atoms with E-state index in [0.717, 1.165) is 18.9 Å². The van der Waals surface area contributed by atoms with E-state index in [1.54, 1.807) is 0 Å². The van der Waals surface area contributed by atoms with E-state index in [9.17, 15) is 4.79 Å². The highest BCUT2D eigenvalue weighted by atomic mass is 127. The Morgan fingerprint density at radius 3 is 2.61 bits per heavy atom. The first-order valence-electron chi connectivity index (χ1n) is 5.47. The van der Waals surface area contributed by atoms with Crippen LogP contribution < -0.4 is 0 Å². The number of ether oxygens (including phenoxy) is 1. The molecule has 0 radical (unpaired) electrons. The number of carbonyl (C=O) groups is 1. The molecule has 0 spiro atoms. The van der Waals surface area contributed by atoms with E-state index in [0.29, 0.717) is 5.69 Å². The molecule has 0 unspecified atom stereocenters. The smallest absolute Gasteiger partial charge is 0.355 e. The molecule has 1 heterocycles. The van der Waals surface area contributed by atoms with E-state index >= 15 is 0 Å². The average molecular weight is 422 g/mol. The van der Waals surface area contributed by atoms with Crippen molar-refractivity contribution in [2.75, 3.05) is 0 Å². The highest BCUT2D eigenvalue weighted by molar-refractivity contribution is 14.1. The number of aromatic amines is 1. The van der Waals surface area contributed by atoms with Crippen molar-refractivity contribution in [1.82, 2.24) is 4.98 Å². The Labute approximate surface area is 128 Å². The number of hydrogen-bond acceptors (Lipinski definition) is 2. The quantitative estimate of drug-likeness (QED) is 0.544. The fourth-order valence-corrected chi connectivity index (χ4v) is 2.40. The molecule has 3 nitrogen and oxygen atoms in total. The summed E-state index contributed by atoms with van der Waals surface area (Å²) in [6.45, 7) is 5.56. The lowest BCUT2D eigenvalue weighted by Crippen LogP contribution is -2.24. The second-order valence-electron chi connectivity index (χ2n) is 5.04. The van der Waals surface area contributed by atoms with Gasteiger partial charge in [0.25, 0.3) is 0 Å². The van der Waals surface area contributed by atoms with Gasteiger partial charge in [0.05, 0.1) is 0 Å². The fourth-order valence-electron chi connectivity index (χ4n) is 1.57. The van der Waals surface area contributed by atoms with Crippen LogP contribution in [0.4, 0.5) is 0 Å². The van der Waals surface area contributed by atoms with E-state index in [1.165, 1.54) is 0 Å². The summed E-state index contributed by atoms with van der Waals surface area (Å²) >= 11 is 5.71. The van der Waals surface area contributed by atoms with E-state index in [2.05, 4.69) is 43.5 Å². The van der Waals surface area contributed by atoms with E-state index in [4.69, 9.17) is 4.74 Å². The summed E-state index contributed by atoms with van der Waals surface area (Å²) in [7, 11) is 0. The molecular weight excluding hydrogens is 409 g/mol. The predicted molar refractivity (Wildman–Crippen MR) is 83.9 cm³/mol. The van der Waals surface area contributed by atoms with Crippen LogP contribution in [0.3, 0.4) is 0 Å². The highest BCUT2D eigenvalue weighted by Gasteiger charge is 2.19. The largest absolute Gasteiger partial charge is 0.455 e. The lowest BCUT2D eigenvalue weighted by atomic mass is 10.2. The minimum atomic E-state index is -0.483. The van der Waals surface area contributed by atoms with Crippen LogP contribution in [0.2, 0.25) is 0 Å². The number of rotatable bonds is 1. The number of H-pyrrole nitrogens is 1. The van der Waals surface area contributed by atoms with Gasteiger partial charge in [-0.2, -0.15) is 0 Å². The van der Waals surface area contributed by atoms with Crippen LogP contribution in [0, 0.1) is 3.57 Å². The van der Waals surface area contributed by atoms with E-state index in [1.807, 2.05) is 39.0 Å². The molecule has 0 amide bonds. The van der Waals surface area contributed by atoms with Crippen LogP contribution in [0.1, 0.15) is 31.3 Å². The predicted octanol–water partition coefficient (Wildman–Crippen LogP) is 4.49. The fraction of sp³-hybridized carbons (Fsp3) is 0.308. The summed E-state index contributed by atoms with van der Waals surface area (Å²) in [5.41, 5.74) is 0.931. The van der Waals surface area contributed by atoms with Gasteiger partial charge in [0.1, 0.15) is 11.3 Å². The molecule has 0 saturated carbocycles. The number of aromatic nitrogens is 1. The third-order valence-electron chi connectivity index (χ3n) is 2.28. The lowest BCUT2D eigenvalue weighted by Gasteiger charge is -2.18. The topological polar surface area (TPSA) is 42.1 Å². The van der Waals surface area contributed by atoms with Crippen LogP contribution in [-0.2, 0) is 4.74 Å². The van der Waals surface area contributed by atoms with Gasteiger partial charge in [0.15, 0.2) is 0 Å². The number of benzene rings is 1. The van der Waals surface area contributed by atoms with Gasteiger partial charge in [-0.25, -0.2) is 4.79 Å². The number of hydrogen-bond donors (Lipinski definition) is 1. The first kappa shape index (κ1) is 13.9. The molecule has 0 bridgehead atoms. The molecular formula is C13H13BrINO2. The molecule has 5 heteroatoms. The second-order valence-corrected chi connectivity index (χ2v) is 7.05. The molecule has 1 aromatic heterocycles.